The van der Waals surface area contributed by atoms with Gasteiger partial charge < -0.3 is 10.6 Å². The maximum Gasteiger partial charge on any atom is 0.270 e. The molecule has 26 heavy (non-hydrogen) atoms. The van der Waals surface area contributed by atoms with E-state index in [1.165, 1.54) is 5.56 Å². The molecule has 3 aromatic rings. The predicted molar refractivity (Wildman–Crippen MR) is 101 cm³/mol. The number of nitrogens with zero attached hydrogens (tertiary/aromatic N) is 3. The molecule has 0 aliphatic rings. The second-order valence-electron chi connectivity index (χ2n) is 5.86. The first-order valence-corrected chi connectivity index (χ1v) is 8.54. The van der Waals surface area contributed by atoms with Gasteiger partial charge in [0.15, 0.2) is 0 Å². The smallest absolute Gasteiger partial charge is 0.270 e. The molecule has 0 saturated heterocycles. The minimum Gasteiger partial charge on any atom is -0.345 e. The van der Waals surface area contributed by atoms with E-state index in [2.05, 4.69) is 44.6 Å². The Labute approximate surface area is 152 Å². The largest absolute Gasteiger partial charge is 0.345 e. The van der Waals surface area contributed by atoms with Crippen molar-refractivity contribution in [2.24, 2.45) is 0 Å². The average molecular weight is 347 g/mol. The van der Waals surface area contributed by atoms with Gasteiger partial charge in [-0.2, -0.15) is 0 Å². The van der Waals surface area contributed by atoms with Gasteiger partial charge in [0.25, 0.3) is 5.91 Å². The van der Waals surface area contributed by atoms with Crippen LogP contribution in [-0.4, -0.2) is 20.9 Å². The van der Waals surface area contributed by atoms with Gasteiger partial charge in [-0.1, -0.05) is 25.1 Å². The zero-order valence-electron chi connectivity index (χ0n) is 14.9. The molecule has 6 nitrogen and oxygen atoms in total. The van der Waals surface area contributed by atoms with E-state index in [1.807, 2.05) is 30.3 Å². The Bertz CT molecular complexity index is 878. The van der Waals surface area contributed by atoms with Crippen molar-refractivity contribution < 1.29 is 4.79 Å². The van der Waals surface area contributed by atoms with Crippen molar-refractivity contribution in [1.82, 2.24) is 20.3 Å². The summed E-state index contributed by atoms with van der Waals surface area (Å²) in [6.45, 7) is 4.23. The summed E-state index contributed by atoms with van der Waals surface area (Å²) in [5.41, 5.74) is 3.30. The first kappa shape index (κ1) is 17.5. The molecule has 0 fully saturated rings. The number of aromatic nitrogens is 3. The van der Waals surface area contributed by atoms with E-state index in [4.69, 9.17) is 0 Å². The van der Waals surface area contributed by atoms with E-state index in [1.54, 1.807) is 19.2 Å². The minimum atomic E-state index is -0.259. The lowest BCUT2D eigenvalue weighted by Gasteiger charge is -2.09. The highest BCUT2D eigenvalue weighted by Crippen LogP contribution is 2.16. The fourth-order valence-corrected chi connectivity index (χ4v) is 2.48. The minimum absolute atomic E-state index is 0.259. The van der Waals surface area contributed by atoms with Gasteiger partial charge in [-0.05, 0) is 43.2 Å². The highest BCUT2D eigenvalue weighted by molar-refractivity contribution is 5.93. The third-order valence-electron chi connectivity index (χ3n) is 3.86. The van der Waals surface area contributed by atoms with Gasteiger partial charge in [-0.3, -0.25) is 9.78 Å². The van der Waals surface area contributed by atoms with E-state index < -0.39 is 0 Å². The van der Waals surface area contributed by atoms with Crippen molar-refractivity contribution in [3.8, 4) is 0 Å². The molecule has 0 bridgehead atoms. The first-order chi connectivity index (χ1) is 12.6. The van der Waals surface area contributed by atoms with Crippen LogP contribution in [-0.2, 0) is 13.0 Å². The zero-order chi connectivity index (χ0) is 18.4. The Hall–Kier alpha value is -3.28. The third kappa shape index (κ3) is 4.63. The lowest BCUT2D eigenvalue weighted by molar-refractivity contribution is 0.0945. The van der Waals surface area contributed by atoms with Crippen molar-refractivity contribution in [2.75, 3.05) is 5.32 Å². The SMILES string of the molecule is CCc1ccc(Nc2cc(C(=O)NCc3ccccn3)nc(C)n2)cc1. The summed E-state index contributed by atoms with van der Waals surface area (Å²) < 4.78 is 0. The van der Waals surface area contributed by atoms with E-state index in [0.29, 0.717) is 23.9 Å². The molecule has 2 aromatic heterocycles. The quantitative estimate of drug-likeness (QED) is 0.714. The predicted octanol–water partition coefficient (Wildman–Crippen LogP) is 3.42. The van der Waals surface area contributed by atoms with Crippen LogP contribution in [0.4, 0.5) is 11.5 Å². The number of carbonyl (C=O) groups excluding carboxylic acids is 1. The molecule has 0 unspecified atom stereocenters. The number of hydrogen-bond acceptors (Lipinski definition) is 5. The molecule has 0 aliphatic carbocycles. The summed E-state index contributed by atoms with van der Waals surface area (Å²) in [6, 6.07) is 15.4. The molecule has 132 valence electrons. The molecule has 0 atom stereocenters. The van der Waals surface area contributed by atoms with Gasteiger partial charge in [-0.15, -0.1) is 0 Å². The summed E-state index contributed by atoms with van der Waals surface area (Å²) in [5.74, 6) is 0.860. The van der Waals surface area contributed by atoms with E-state index >= 15 is 0 Å². The lowest BCUT2D eigenvalue weighted by Crippen LogP contribution is -2.24. The second kappa shape index (κ2) is 8.20. The topological polar surface area (TPSA) is 79.8 Å². The van der Waals surface area contributed by atoms with Gasteiger partial charge in [0.05, 0.1) is 12.2 Å². The molecular formula is C20H21N5O. The zero-order valence-corrected chi connectivity index (χ0v) is 14.9. The molecule has 1 aromatic carbocycles. The summed E-state index contributed by atoms with van der Waals surface area (Å²) in [7, 11) is 0. The fourth-order valence-electron chi connectivity index (χ4n) is 2.48. The van der Waals surface area contributed by atoms with Gasteiger partial charge in [0.2, 0.25) is 0 Å². The summed E-state index contributed by atoms with van der Waals surface area (Å²) >= 11 is 0. The standard InChI is InChI=1S/C20H21N5O/c1-3-15-7-9-16(10-8-15)25-19-12-18(23-14(2)24-19)20(26)22-13-17-6-4-5-11-21-17/h4-12H,3,13H2,1-2H3,(H,22,26)(H,23,24,25). The van der Waals surface area contributed by atoms with Crippen LogP contribution in [0.3, 0.4) is 0 Å². The normalized spacial score (nSPS) is 10.4. The molecule has 0 saturated carbocycles. The van der Waals surface area contributed by atoms with E-state index in [9.17, 15) is 4.79 Å². The van der Waals surface area contributed by atoms with Crippen LogP contribution < -0.4 is 10.6 Å². The maximum absolute atomic E-state index is 12.4. The van der Waals surface area contributed by atoms with Crippen LogP contribution in [0.15, 0.2) is 54.7 Å². The second-order valence-corrected chi connectivity index (χ2v) is 5.86. The maximum atomic E-state index is 12.4. The summed E-state index contributed by atoms with van der Waals surface area (Å²) in [4.78, 5) is 25.2. The number of aryl methyl sites for hydroxylation is 2. The highest BCUT2D eigenvalue weighted by atomic mass is 16.1. The van der Waals surface area contributed by atoms with Crippen molar-refractivity contribution in [2.45, 2.75) is 26.8 Å². The van der Waals surface area contributed by atoms with Crippen molar-refractivity contribution in [3.05, 3.63) is 77.5 Å². The van der Waals surface area contributed by atoms with Crippen LogP contribution in [0.5, 0.6) is 0 Å². The van der Waals surface area contributed by atoms with Crippen molar-refractivity contribution in [3.63, 3.8) is 0 Å². The van der Waals surface area contributed by atoms with E-state index in [0.717, 1.165) is 17.8 Å². The van der Waals surface area contributed by atoms with Gasteiger partial charge in [0, 0.05) is 18.0 Å². The summed E-state index contributed by atoms with van der Waals surface area (Å²) in [6.07, 6.45) is 2.69. The number of rotatable bonds is 6. The Morgan fingerprint density at radius 3 is 2.58 bits per heavy atom. The Morgan fingerprint density at radius 1 is 1.08 bits per heavy atom. The number of nitrogens with one attached hydrogen (secondary N) is 2. The average Bonchev–Trinajstić information content (AvgIpc) is 2.67. The number of amides is 1. The number of carbonyl (C=O) groups is 1. The third-order valence-corrected chi connectivity index (χ3v) is 3.86. The number of hydrogen-bond donors (Lipinski definition) is 2. The molecule has 0 aliphatic heterocycles. The van der Waals surface area contributed by atoms with E-state index in [-0.39, 0.29) is 5.91 Å². The van der Waals surface area contributed by atoms with Gasteiger partial charge in [-0.25, -0.2) is 9.97 Å². The molecule has 6 heteroatoms. The van der Waals surface area contributed by atoms with Crippen LogP contribution in [0.25, 0.3) is 0 Å². The monoisotopic (exact) mass is 347 g/mol. The van der Waals surface area contributed by atoms with Crippen molar-refractivity contribution in [1.29, 1.82) is 0 Å². The lowest BCUT2D eigenvalue weighted by atomic mass is 10.1. The van der Waals surface area contributed by atoms with Crippen LogP contribution >= 0.6 is 0 Å². The number of anilines is 2. The molecule has 2 N–H and O–H groups in total. The molecule has 0 spiro atoms. The first-order valence-electron chi connectivity index (χ1n) is 8.54. The summed E-state index contributed by atoms with van der Waals surface area (Å²) in [5, 5.41) is 6.05. The Balaban J connectivity index is 1.70. The Kier molecular flexibility index (Phi) is 5.53. The molecule has 1 amide bonds. The molecule has 0 radical (unpaired) electrons. The van der Waals surface area contributed by atoms with Crippen molar-refractivity contribution >= 4 is 17.4 Å². The van der Waals surface area contributed by atoms with Gasteiger partial charge >= 0.3 is 0 Å². The number of benzene rings is 1. The fraction of sp³-hybridized carbons (Fsp3) is 0.200. The van der Waals surface area contributed by atoms with Crippen LogP contribution in [0.2, 0.25) is 0 Å². The number of pyridine rings is 1. The van der Waals surface area contributed by atoms with Crippen LogP contribution in [0.1, 0.15) is 34.5 Å². The highest BCUT2D eigenvalue weighted by Gasteiger charge is 2.11. The Morgan fingerprint density at radius 2 is 1.88 bits per heavy atom. The van der Waals surface area contributed by atoms with Crippen LogP contribution in [0, 0.1) is 6.92 Å². The molecule has 2 heterocycles. The van der Waals surface area contributed by atoms with Gasteiger partial charge in [0.1, 0.15) is 17.3 Å². The molecule has 3 rings (SSSR count). The molecular weight excluding hydrogens is 326 g/mol.